The Morgan fingerprint density at radius 3 is 2.69 bits per heavy atom. The molecule has 3 rings (SSSR count). The van der Waals surface area contributed by atoms with Crippen LogP contribution >= 0.6 is 0 Å². The van der Waals surface area contributed by atoms with E-state index in [-0.39, 0.29) is 17.2 Å². The van der Waals surface area contributed by atoms with Crippen molar-refractivity contribution in [3.05, 3.63) is 78.1 Å². The van der Waals surface area contributed by atoms with Crippen molar-refractivity contribution < 1.29 is 18.3 Å². The van der Waals surface area contributed by atoms with Gasteiger partial charge in [-0.15, -0.1) is 0 Å². The second-order valence-electron chi connectivity index (χ2n) is 5.50. The van der Waals surface area contributed by atoms with Crippen molar-refractivity contribution in [2.24, 2.45) is 0 Å². The highest BCUT2D eigenvalue weighted by atomic mass is 19.3. The van der Waals surface area contributed by atoms with Gasteiger partial charge in [0.05, 0.1) is 11.4 Å². The second-order valence-corrected chi connectivity index (χ2v) is 5.50. The van der Waals surface area contributed by atoms with Crippen LogP contribution in [0.4, 0.5) is 8.78 Å². The van der Waals surface area contributed by atoms with Crippen molar-refractivity contribution in [2.75, 3.05) is 6.54 Å². The number of para-hydroxylation sites is 1. The zero-order valence-electron chi connectivity index (χ0n) is 13.8. The fraction of sp³-hybridized carbons (Fsp3) is 0.158. The van der Waals surface area contributed by atoms with Crippen LogP contribution in [0.2, 0.25) is 0 Å². The maximum atomic E-state index is 12.2. The molecule has 0 radical (unpaired) electrons. The Morgan fingerprint density at radius 2 is 1.92 bits per heavy atom. The Hall–Kier alpha value is -3.22. The van der Waals surface area contributed by atoms with Gasteiger partial charge in [-0.3, -0.25) is 4.79 Å². The van der Waals surface area contributed by atoms with Gasteiger partial charge in [-0.25, -0.2) is 4.68 Å². The number of hydrogen-bond acceptors (Lipinski definition) is 3. The maximum absolute atomic E-state index is 12.2. The lowest BCUT2D eigenvalue weighted by atomic mass is 10.2. The molecule has 0 saturated carbocycles. The van der Waals surface area contributed by atoms with E-state index >= 15 is 0 Å². The molecule has 7 heteroatoms. The summed E-state index contributed by atoms with van der Waals surface area (Å²) in [5.41, 5.74) is 2.06. The van der Waals surface area contributed by atoms with E-state index < -0.39 is 6.61 Å². The summed E-state index contributed by atoms with van der Waals surface area (Å²) in [6.07, 6.45) is 2.41. The molecular formula is C19H17F2N3O2. The lowest BCUT2D eigenvalue weighted by molar-refractivity contribution is -0.0498. The predicted molar refractivity (Wildman–Crippen MR) is 92.7 cm³/mol. The molecule has 0 spiro atoms. The molecule has 1 amide bonds. The molecule has 0 bridgehead atoms. The number of hydrogen-bond donors (Lipinski definition) is 1. The fourth-order valence-corrected chi connectivity index (χ4v) is 2.44. The molecule has 0 atom stereocenters. The summed E-state index contributed by atoms with van der Waals surface area (Å²) in [5, 5.41) is 7.20. The van der Waals surface area contributed by atoms with Crippen molar-refractivity contribution in [2.45, 2.75) is 13.0 Å². The van der Waals surface area contributed by atoms with E-state index in [4.69, 9.17) is 0 Å². The third-order valence-corrected chi connectivity index (χ3v) is 3.65. The van der Waals surface area contributed by atoms with Gasteiger partial charge >= 0.3 is 6.61 Å². The Morgan fingerprint density at radius 1 is 1.12 bits per heavy atom. The van der Waals surface area contributed by atoms with Crippen LogP contribution in [0, 0.1) is 0 Å². The number of halogens is 2. The molecule has 1 aromatic heterocycles. The molecule has 1 heterocycles. The largest absolute Gasteiger partial charge is 0.435 e. The van der Waals surface area contributed by atoms with Crippen LogP contribution < -0.4 is 10.1 Å². The van der Waals surface area contributed by atoms with Gasteiger partial charge in [-0.2, -0.15) is 13.9 Å². The van der Waals surface area contributed by atoms with E-state index in [1.165, 1.54) is 24.3 Å². The first kappa shape index (κ1) is 17.6. The number of alkyl halides is 2. The van der Waals surface area contributed by atoms with Gasteiger partial charge in [0.15, 0.2) is 0 Å². The lowest BCUT2D eigenvalue weighted by Gasteiger charge is -2.07. The van der Waals surface area contributed by atoms with E-state index in [1.54, 1.807) is 4.68 Å². The quantitative estimate of drug-likeness (QED) is 0.705. The first-order valence-corrected chi connectivity index (χ1v) is 8.05. The minimum atomic E-state index is -2.92. The van der Waals surface area contributed by atoms with Gasteiger partial charge in [0.2, 0.25) is 0 Å². The summed E-state index contributed by atoms with van der Waals surface area (Å²) < 4.78 is 30.5. The van der Waals surface area contributed by atoms with Gasteiger partial charge < -0.3 is 10.1 Å². The summed E-state index contributed by atoms with van der Waals surface area (Å²) >= 11 is 0. The fourth-order valence-electron chi connectivity index (χ4n) is 2.44. The smallest absolute Gasteiger partial charge is 0.387 e. The summed E-state index contributed by atoms with van der Waals surface area (Å²) in [6.45, 7) is -2.54. The van der Waals surface area contributed by atoms with Crippen molar-refractivity contribution in [3.8, 4) is 11.4 Å². The molecule has 134 valence electrons. The molecule has 0 aliphatic rings. The molecule has 0 saturated heterocycles. The van der Waals surface area contributed by atoms with Gasteiger partial charge in [-0.05, 0) is 36.4 Å². The van der Waals surface area contributed by atoms with Gasteiger partial charge in [0.25, 0.3) is 5.91 Å². The van der Waals surface area contributed by atoms with Crippen LogP contribution in [0.5, 0.6) is 5.75 Å². The normalized spacial score (nSPS) is 10.7. The summed E-state index contributed by atoms with van der Waals surface area (Å²) in [6, 6.07) is 17.3. The topological polar surface area (TPSA) is 56.2 Å². The monoisotopic (exact) mass is 357 g/mol. The van der Waals surface area contributed by atoms with E-state index in [9.17, 15) is 13.6 Å². The molecule has 0 aliphatic carbocycles. The zero-order valence-corrected chi connectivity index (χ0v) is 13.8. The van der Waals surface area contributed by atoms with Crippen molar-refractivity contribution in [1.29, 1.82) is 0 Å². The second kappa shape index (κ2) is 8.24. The van der Waals surface area contributed by atoms with Crippen molar-refractivity contribution >= 4 is 5.91 Å². The summed E-state index contributed by atoms with van der Waals surface area (Å²) in [7, 11) is 0. The lowest BCUT2D eigenvalue weighted by Crippen LogP contribution is -2.25. The molecule has 5 nitrogen and oxygen atoms in total. The Balaban J connectivity index is 1.53. The predicted octanol–water partition coefficient (Wildman–Crippen LogP) is 3.45. The minimum absolute atomic E-state index is 0.0470. The van der Waals surface area contributed by atoms with Crippen LogP contribution in [0.25, 0.3) is 5.69 Å². The highest BCUT2D eigenvalue weighted by Gasteiger charge is 2.09. The average Bonchev–Trinajstić information content (AvgIpc) is 3.11. The third kappa shape index (κ3) is 4.66. The number of carbonyl (C=O) groups excluding carboxylic acids is 1. The Bertz CT molecular complexity index is 866. The highest BCUT2D eigenvalue weighted by Crippen LogP contribution is 2.16. The first-order valence-electron chi connectivity index (χ1n) is 8.05. The van der Waals surface area contributed by atoms with Crippen LogP contribution in [0.3, 0.4) is 0 Å². The SMILES string of the molecule is O=C(NCCc1ccn(-c2ccccc2)n1)c1cccc(OC(F)F)c1. The van der Waals surface area contributed by atoms with Crippen molar-refractivity contribution in [3.63, 3.8) is 0 Å². The van der Waals surface area contributed by atoms with E-state index in [2.05, 4.69) is 15.2 Å². The minimum Gasteiger partial charge on any atom is -0.435 e. The third-order valence-electron chi connectivity index (χ3n) is 3.65. The maximum Gasteiger partial charge on any atom is 0.387 e. The zero-order chi connectivity index (χ0) is 18.4. The molecule has 3 aromatic rings. The standard InChI is InChI=1S/C19H17F2N3O2/c20-19(21)26-17-8-4-5-14(13-17)18(25)22-11-9-15-10-12-24(23-15)16-6-2-1-3-7-16/h1-8,10,12-13,19H,9,11H2,(H,22,25). The summed E-state index contributed by atoms with van der Waals surface area (Å²) in [4.78, 5) is 12.1. The van der Waals surface area contributed by atoms with E-state index in [0.29, 0.717) is 13.0 Å². The number of carbonyl (C=O) groups is 1. The van der Waals surface area contributed by atoms with Gasteiger partial charge in [-0.1, -0.05) is 24.3 Å². The molecule has 0 aliphatic heterocycles. The highest BCUT2D eigenvalue weighted by molar-refractivity contribution is 5.94. The molecule has 26 heavy (non-hydrogen) atoms. The Kier molecular flexibility index (Phi) is 5.58. The molecule has 0 unspecified atom stereocenters. The number of ether oxygens (including phenoxy) is 1. The molecule has 0 fully saturated rings. The first-order chi connectivity index (χ1) is 12.6. The van der Waals surface area contributed by atoms with E-state index in [0.717, 1.165) is 11.4 Å². The molecule has 1 N–H and O–H groups in total. The number of nitrogens with one attached hydrogen (secondary N) is 1. The number of rotatable bonds is 7. The van der Waals surface area contributed by atoms with Crippen LogP contribution in [0.1, 0.15) is 16.1 Å². The summed E-state index contributed by atoms with van der Waals surface area (Å²) in [5.74, 6) is -0.401. The van der Waals surface area contributed by atoms with Crippen LogP contribution in [0.15, 0.2) is 66.9 Å². The number of nitrogens with zero attached hydrogens (tertiary/aromatic N) is 2. The van der Waals surface area contributed by atoms with Crippen LogP contribution in [-0.2, 0) is 6.42 Å². The Labute approximate surface area is 149 Å². The van der Waals surface area contributed by atoms with Crippen molar-refractivity contribution in [1.82, 2.24) is 15.1 Å². The van der Waals surface area contributed by atoms with Crippen LogP contribution in [-0.4, -0.2) is 28.8 Å². The average molecular weight is 357 g/mol. The number of benzene rings is 2. The number of amides is 1. The van der Waals surface area contributed by atoms with E-state index in [1.807, 2.05) is 42.6 Å². The number of aromatic nitrogens is 2. The molecule has 2 aromatic carbocycles. The molecular weight excluding hydrogens is 340 g/mol. The van der Waals surface area contributed by atoms with Gasteiger partial charge in [0, 0.05) is 24.7 Å². The van der Waals surface area contributed by atoms with Gasteiger partial charge in [0.1, 0.15) is 5.75 Å².